The summed E-state index contributed by atoms with van der Waals surface area (Å²) in [4.78, 5) is 15.4. The van der Waals surface area contributed by atoms with E-state index in [1.54, 1.807) is 0 Å². The van der Waals surface area contributed by atoms with Gasteiger partial charge >= 0.3 is 0 Å². The predicted octanol–water partition coefficient (Wildman–Crippen LogP) is 13.5. The third kappa shape index (κ3) is 5.74. The molecular formula is C53H34N4. The maximum atomic E-state index is 5.26. The molecule has 0 saturated heterocycles. The number of rotatable bonds is 6. The number of imidazole rings is 1. The zero-order valence-corrected chi connectivity index (χ0v) is 30.9. The molecule has 0 spiro atoms. The standard InChI is InChI=1S/C53H34N4/c1-3-14-36(15-4-1)48-34-49(37-16-5-2-6-17-37)55-52(54-48)42-21-12-20-41(33-42)40-19-11-18-39(32-40)35-28-30-38(31-29-35)53-56-47-26-13-25-46-44-23-8-7-22-43(44)45-24-9-10-27-50(45)57(53)51(46)47/h1-34H. The van der Waals surface area contributed by atoms with E-state index in [2.05, 4.69) is 174 Å². The minimum Gasteiger partial charge on any atom is -0.291 e. The smallest absolute Gasteiger partial charge is 0.160 e. The van der Waals surface area contributed by atoms with Crippen molar-refractivity contribution in [3.05, 3.63) is 206 Å². The van der Waals surface area contributed by atoms with Crippen LogP contribution in [0.15, 0.2) is 206 Å². The summed E-state index contributed by atoms with van der Waals surface area (Å²) in [7, 11) is 0. The normalized spacial score (nSPS) is 11.5. The van der Waals surface area contributed by atoms with Gasteiger partial charge in [0.05, 0.1) is 28.1 Å². The third-order valence-electron chi connectivity index (χ3n) is 11.0. The van der Waals surface area contributed by atoms with Crippen LogP contribution < -0.4 is 0 Å². The van der Waals surface area contributed by atoms with Gasteiger partial charge in [0.25, 0.3) is 0 Å². The second-order valence-corrected chi connectivity index (χ2v) is 14.4. The summed E-state index contributed by atoms with van der Waals surface area (Å²) in [5, 5.41) is 0. The Balaban J connectivity index is 0.955. The van der Waals surface area contributed by atoms with Crippen LogP contribution in [0.5, 0.6) is 0 Å². The monoisotopic (exact) mass is 726 g/mol. The quantitative estimate of drug-likeness (QED) is 0.171. The molecule has 1 aliphatic rings. The first-order valence-corrected chi connectivity index (χ1v) is 19.3. The second-order valence-electron chi connectivity index (χ2n) is 14.4. The van der Waals surface area contributed by atoms with Gasteiger partial charge < -0.3 is 0 Å². The highest BCUT2D eigenvalue weighted by Gasteiger charge is 2.25. The highest BCUT2D eigenvalue weighted by atomic mass is 15.1. The Labute approximate surface area is 331 Å². The lowest BCUT2D eigenvalue weighted by Crippen LogP contribution is -1.99. The number of para-hydroxylation sites is 2. The first kappa shape index (κ1) is 32.7. The van der Waals surface area contributed by atoms with Crippen molar-refractivity contribution in [2.45, 2.75) is 0 Å². The molecule has 2 aromatic heterocycles. The van der Waals surface area contributed by atoms with Crippen LogP contribution in [0, 0.1) is 0 Å². The summed E-state index contributed by atoms with van der Waals surface area (Å²) in [6.45, 7) is 0. The van der Waals surface area contributed by atoms with E-state index in [9.17, 15) is 0 Å². The highest BCUT2D eigenvalue weighted by molar-refractivity contribution is 6.03. The summed E-state index contributed by atoms with van der Waals surface area (Å²) >= 11 is 0. The molecule has 57 heavy (non-hydrogen) atoms. The van der Waals surface area contributed by atoms with E-state index in [1.165, 1.54) is 22.3 Å². The lowest BCUT2D eigenvalue weighted by atomic mass is 9.94. The topological polar surface area (TPSA) is 43.6 Å². The third-order valence-corrected chi connectivity index (χ3v) is 11.0. The summed E-state index contributed by atoms with van der Waals surface area (Å²) in [5.74, 6) is 1.63. The van der Waals surface area contributed by atoms with Crippen molar-refractivity contribution in [2.75, 3.05) is 0 Å². The molecule has 4 heteroatoms. The van der Waals surface area contributed by atoms with E-state index in [0.29, 0.717) is 5.82 Å². The van der Waals surface area contributed by atoms with Gasteiger partial charge in [-0.3, -0.25) is 4.57 Å². The fraction of sp³-hybridized carbons (Fsp3) is 0. The van der Waals surface area contributed by atoms with Gasteiger partial charge in [0.15, 0.2) is 5.82 Å². The van der Waals surface area contributed by atoms with E-state index >= 15 is 0 Å². The number of aromatic nitrogens is 4. The molecule has 4 nitrogen and oxygen atoms in total. The Bertz CT molecular complexity index is 3050. The Morgan fingerprint density at radius 1 is 0.298 bits per heavy atom. The van der Waals surface area contributed by atoms with Crippen molar-refractivity contribution in [2.24, 2.45) is 0 Å². The van der Waals surface area contributed by atoms with Crippen molar-refractivity contribution in [1.82, 2.24) is 19.5 Å². The Morgan fingerprint density at radius 3 is 1.44 bits per heavy atom. The van der Waals surface area contributed by atoms with Crippen molar-refractivity contribution in [3.8, 4) is 95.5 Å². The summed E-state index contributed by atoms with van der Waals surface area (Å²) in [6, 6.07) is 72.7. The molecule has 1 aliphatic heterocycles. The number of fused-ring (bicyclic) bond motifs is 5. The fourth-order valence-electron chi connectivity index (χ4n) is 8.24. The van der Waals surface area contributed by atoms with Crippen LogP contribution in [0.4, 0.5) is 0 Å². The van der Waals surface area contributed by atoms with E-state index in [-0.39, 0.29) is 0 Å². The van der Waals surface area contributed by atoms with Crippen LogP contribution in [0.25, 0.3) is 107 Å². The van der Waals surface area contributed by atoms with Crippen LogP contribution >= 0.6 is 0 Å². The first-order valence-electron chi connectivity index (χ1n) is 19.3. The van der Waals surface area contributed by atoms with Gasteiger partial charge in [-0.1, -0.05) is 176 Å². The molecule has 0 atom stereocenters. The van der Waals surface area contributed by atoms with Gasteiger partial charge in [-0.05, 0) is 63.7 Å². The number of hydrogen-bond donors (Lipinski definition) is 0. The zero-order chi connectivity index (χ0) is 37.7. The van der Waals surface area contributed by atoms with Crippen molar-refractivity contribution >= 4 is 11.0 Å². The maximum Gasteiger partial charge on any atom is 0.160 e. The van der Waals surface area contributed by atoms with Crippen molar-refractivity contribution in [1.29, 1.82) is 0 Å². The van der Waals surface area contributed by atoms with Gasteiger partial charge in [-0.2, -0.15) is 0 Å². The van der Waals surface area contributed by atoms with Crippen LogP contribution in [-0.2, 0) is 0 Å². The summed E-state index contributed by atoms with van der Waals surface area (Å²) in [6.07, 6.45) is 0. The van der Waals surface area contributed by atoms with Gasteiger partial charge in [-0.25, -0.2) is 15.0 Å². The minimum absolute atomic E-state index is 0.698. The second kappa shape index (κ2) is 13.6. The Morgan fingerprint density at radius 2 is 0.772 bits per heavy atom. The fourth-order valence-corrected chi connectivity index (χ4v) is 8.24. The van der Waals surface area contributed by atoms with E-state index in [4.69, 9.17) is 15.0 Å². The van der Waals surface area contributed by atoms with Crippen molar-refractivity contribution < 1.29 is 0 Å². The average Bonchev–Trinajstić information content (AvgIpc) is 3.64. The van der Waals surface area contributed by atoms with Gasteiger partial charge in [0.2, 0.25) is 0 Å². The van der Waals surface area contributed by atoms with Crippen LogP contribution in [-0.4, -0.2) is 19.5 Å². The van der Waals surface area contributed by atoms with Crippen LogP contribution in [0.1, 0.15) is 0 Å². The lowest BCUT2D eigenvalue weighted by Gasteiger charge is -2.13. The van der Waals surface area contributed by atoms with Gasteiger partial charge in [0.1, 0.15) is 5.82 Å². The predicted molar refractivity (Wildman–Crippen MR) is 234 cm³/mol. The van der Waals surface area contributed by atoms with Crippen LogP contribution in [0.3, 0.4) is 0 Å². The molecule has 3 heterocycles. The van der Waals surface area contributed by atoms with E-state index in [1.807, 2.05) is 36.4 Å². The minimum atomic E-state index is 0.698. The Kier molecular flexibility index (Phi) is 7.78. The molecule has 11 rings (SSSR count). The summed E-state index contributed by atoms with van der Waals surface area (Å²) < 4.78 is 2.35. The SMILES string of the molecule is c1ccc(-c2cc(-c3ccccc3)nc(-c3cccc(-c4cccc(-c5ccc(-c6nc7cccc8c7n6-c6ccccc6-c6ccccc6-8)cc5)c4)c3)n2)cc1. The zero-order valence-electron chi connectivity index (χ0n) is 30.9. The molecule has 0 bridgehead atoms. The molecule has 10 aromatic rings. The molecule has 0 radical (unpaired) electrons. The van der Waals surface area contributed by atoms with E-state index < -0.39 is 0 Å². The van der Waals surface area contributed by atoms with Gasteiger partial charge in [0, 0.05) is 33.4 Å². The molecule has 0 aliphatic carbocycles. The molecular weight excluding hydrogens is 693 g/mol. The lowest BCUT2D eigenvalue weighted by molar-refractivity contribution is 1.11. The highest BCUT2D eigenvalue weighted by Crippen LogP contribution is 2.45. The molecule has 8 aromatic carbocycles. The number of nitrogens with zero attached hydrogens (tertiary/aromatic N) is 4. The largest absolute Gasteiger partial charge is 0.291 e. The van der Waals surface area contributed by atoms with Gasteiger partial charge in [-0.15, -0.1) is 0 Å². The molecule has 0 fully saturated rings. The number of hydrogen-bond acceptors (Lipinski definition) is 3. The van der Waals surface area contributed by atoms with Crippen molar-refractivity contribution in [3.63, 3.8) is 0 Å². The molecule has 0 unspecified atom stereocenters. The summed E-state index contributed by atoms with van der Waals surface area (Å²) in [5.41, 5.74) is 18.6. The van der Waals surface area contributed by atoms with Crippen LogP contribution in [0.2, 0.25) is 0 Å². The molecule has 0 amide bonds. The molecule has 266 valence electrons. The molecule has 0 N–H and O–H groups in total. The van der Waals surface area contributed by atoms with E-state index in [0.717, 1.165) is 78.4 Å². The maximum absolute atomic E-state index is 5.26. The molecule has 0 saturated carbocycles. The Hall–Kier alpha value is -7.69. The average molecular weight is 727 g/mol. The first-order chi connectivity index (χ1) is 28.2. The number of benzene rings is 8.